The van der Waals surface area contributed by atoms with Crippen molar-refractivity contribution in [1.29, 1.82) is 0 Å². The molecule has 0 aliphatic carbocycles. The van der Waals surface area contributed by atoms with Crippen molar-refractivity contribution in [2.75, 3.05) is 0 Å². The summed E-state index contributed by atoms with van der Waals surface area (Å²) in [6, 6.07) is 41.9. The van der Waals surface area contributed by atoms with Crippen molar-refractivity contribution >= 4 is 40.0 Å². The van der Waals surface area contributed by atoms with E-state index in [1.807, 2.05) is 0 Å². The maximum absolute atomic E-state index is 2.58. The quantitative estimate of drug-likeness (QED) is 0.107. The second-order valence-electron chi connectivity index (χ2n) is 12.3. The summed E-state index contributed by atoms with van der Waals surface area (Å²) in [5, 5.41) is 8.69. The van der Waals surface area contributed by atoms with E-state index in [0.29, 0.717) is 11.1 Å². The van der Waals surface area contributed by atoms with E-state index in [1.54, 1.807) is 10.4 Å². The van der Waals surface area contributed by atoms with Gasteiger partial charge in [-0.2, -0.15) is 12.1 Å². The van der Waals surface area contributed by atoms with Crippen LogP contribution in [0.2, 0.25) is 11.1 Å². The normalized spacial score (nSPS) is 11.5. The zero-order chi connectivity index (χ0) is 28.7. The molecule has 0 saturated heterocycles. The molecule has 6 aromatic carbocycles. The first kappa shape index (κ1) is 35.7. The van der Waals surface area contributed by atoms with Crippen molar-refractivity contribution in [2.24, 2.45) is 0 Å². The van der Waals surface area contributed by atoms with Crippen LogP contribution in [0.15, 0.2) is 109 Å². The Hall–Kier alpha value is -2.81. The number of benzene rings is 4. The molecule has 0 heterocycles. The fourth-order valence-electron chi connectivity index (χ4n) is 7.77. The molecule has 6 aromatic rings. The van der Waals surface area contributed by atoms with Crippen LogP contribution in [0.5, 0.6) is 0 Å². The van der Waals surface area contributed by atoms with E-state index in [1.165, 1.54) is 54.9 Å². The summed E-state index contributed by atoms with van der Waals surface area (Å²) in [7, 11) is -2.16. The van der Waals surface area contributed by atoms with Crippen molar-refractivity contribution in [1.82, 2.24) is 0 Å². The van der Waals surface area contributed by atoms with Crippen molar-refractivity contribution in [3.05, 3.63) is 135 Å². The van der Waals surface area contributed by atoms with Crippen molar-refractivity contribution in [3.63, 3.8) is 0 Å². The number of fused-ring (bicyclic) bond motifs is 2. The monoisotopic (exact) mass is 760 g/mol. The minimum Gasteiger partial charge on any atom is -0.358 e. The van der Waals surface area contributed by atoms with Gasteiger partial charge in [0.2, 0.25) is 0 Å². The molecule has 0 N–H and O–H groups in total. The van der Waals surface area contributed by atoms with Crippen LogP contribution in [0.25, 0.3) is 43.8 Å². The van der Waals surface area contributed by atoms with Gasteiger partial charge in [0.25, 0.3) is 0 Å². The smallest absolute Gasteiger partial charge is 0.358 e. The molecule has 2 heteroatoms. The molecular weight excluding hydrogens is 711 g/mol. The van der Waals surface area contributed by atoms with E-state index < -0.39 is 8.07 Å². The van der Waals surface area contributed by atoms with Crippen LogP contribution in [0, 0.1) is 14.9 Å². The average molecular weight is 759 g/mol. The van der Waals surface area contributed by atoms with Crippen LogP contribution < -0.4 is 10.4 Å². The SMILES string of the molecule is CCc1ccccc1-c1cccc2[cH-]c([Si](c3cc4c(-c5ccccc5CC)cccc4[cH-]3)(C(C)C)C(C)C)cc12.[CH3-].[CH3-].[Hf+4]. The molecule has 44 heavy (non-hydrogen) atoms. The molecule has 0 amide bonds. The molecule has 0 aliphatic heterocycles. The number of aryl methyl sites for hydroxylation is 2. The summed E-state index contributed by atoms with van der Waals surface area (Å²) in [5.74, 6) is 0. The Balaban J connectivity index is 0.00000176. The summed E-state index contributed by atoms with van der Waals surface area (Å²) in [6.07, 6.45) is 2.08. The van der Waals surface area contributed by atoms with Crippen molar-refractivity contribution < 1.29 is 25.8 Å². The molecule has 224 valence electrons. The van der Waals surface area contributed by atoms with Crippen LogP contribution >= 0.6 is 0 Å². The second kappa shape index (κ2) is 14.5. The van der Waals surface area contributed by atoms with Gasteiger partial charge >= 0.3 is 25.8 Å². The third-order valence-electron chi connectivity index (χ3n) is 9.65. The third kappa shape index (κ3) is 5.81. The minimum atomic E-state index is -2.16. The molecule has 6 rings (SSSR count). The maximum Gasteiger partial charge on any atom is 4.00 e. The second-order valence-corrected chi connectivity index (χ2v) is 17.5. The first-order valence-corrected chi connectivity index (χ1v) is 17.6. The molecule has 0 bridgehead atoms. The molecule has 0 unspecified atom stereocenters. The minimum absolute atomic E-state index is 0. The summed E-state index contributed by atoms with van der Waals surface area (Å²) < 4.78 is 0. The standard InChI is InChI=1S/C40H42Si.2CH3.Hf/c1-7-29-15-9-11-19-35(29)37-21-13-17-31-23-33(25-39(31)37)41(27(3)4,28(5)6)34-24-32-18-14-22-38(40(32)26-34)36-20-12-10-16-30(36)8-2;;;/h9-28H,7-8H2,1-6H3;2*1H3;/q-2;2*-1;+4. The first-order chi connectivity index (χ1) is 19.9. The van der Waals surface area contributed by atoms with Crippen LogP contribution in [0.3, 0.4) is 0 Å². The molecule has 0 atom stereocenters. The molecule has 0 aliphatic rings. The van der Waals surface area contributed by atoms with E-state index in [-0.39, 0.29) is 40.7 Å². The summed E-state index contributed by atoms with van der Waals surface area (Å²) in [5.41, 5.74) is 9.44. The van der Waals surface area contributed by atoms with E-state index in [9.17, 15) is 0 Å². The first-order valence-electron chi connectivity index (χ1n) is 15.5. The van der Waals surface area contributed by atoms with Gasteiger partial charge in [-0.1, -0.05) is 113 Å². The van der Waals surface area contributed by atoms with Crippen LogP contribution in [0.1, 0.15) is 52.7 Å². The summed E-state index contributed by atoms with van der Waals surface area (Å²) in [6.45, 7) is 14.4. The molecule has 0 spiro atoms. The Bertz CT molecular complexity index is 1690. The van der Waals surface area contributed by atoms with Gasteiger partial charge in [-0.25, -0.2) is 0 Å². The van der Waals surface area contributed by atoms with Gasteiger partial charge in [-0.3, -0.25) is 0 Å². The molecule has 0 fully saturated rings. The van der Waals surface area contributed by atoms with Gasteiger partial charge in [-0.05, 0) is 46.2 Å². The molecule has 0 radical (unpaired) electrons. The Morgan fingerprint density at radius 1 is 0.523 bits per heavy atom. The maximum atomic E-state index is 2.58. The van der Waals surface area contributed by atoms with E-state index >= 15 is 0 Å². The van der Waals surface area contributed by atoms with Gasteiger partial charge < -0.3 is 14.9 Å². The van der Waals surface area contributed by atoms with Gasteiger partial charge in [0.05, 0.1) is 8.07 Å². The largest absolute Gasteiger partial charge is 4.00 e. The van der Waals surface area contributed by atoms with Crippen LogP contribution in [-0.4, -0.2) is 8.07 Å². The third-order valence-corrected chi connectivity index (χ3v) is 15.8. The van der Waals surface area contributed by atoms with Crippen LogP contribution in [-0.2, 0) is 38.7 Å². The van der Waals surface area contributed by atoms with E-state index in [4.69, 9.17) is 0 Å². The molecule has 0 nitrogen and oxygen atoms in total. The van der Waals surface area contributed by atoms with E-state index in [0.717, 1.165) is 12.8 Å². The zero-order valence-corrected chi connectivity index (χ0v) is 32.6. The van der Waals surface area contributed by atoms with Crippen molar-refractivity contribution in [2.45, 2.75) is 65.5 Å². The Morgan fingerprint density at radius 3 is 1.25 bits per heavy atom. The number of rotatable bonds is 8. The van der Waals surface area contributed by atoms with Crippen LogP contribution in [0.4, 0.5) is 0 Å². The Kier molecular flexibility index (Phi) is 11.8. The Labute approximate surface area is 287 Å². The van der Waals surface area contributed by atoms with Crippen molar-refractivity contribution in [3.8, 4) is 22.3 Å². The fraction of sp³-hybridized carbons (Fsp3) is 0.238. The predicted octanol–water partition coefficient (Wildman–Crippen LogP) is 11.2. The topological polar surface area (TPSA) is 0 Å². The van der Waals surface area contributed by atoms with Gasteiger partial charge in [-0.15, -0.1) is 68.3 Å². The fourth-order valence-corrected chi connectivity index (χ4v) is 13.7. The number of hydrogen-bond acceptors (Lipinski definition) is 0. The number of hydrogen-bond donors (Lipinski definition) is 0. The average Bonchev–Trinajstić information content (AvgIpc) is 3.62. The van der Waals surface area contributed by atoms with Gasteiger partial charge in [0.1, 0.15) is 0 Å². The Morgan fingerprint density at radius 2 is 0.886 bits per heavy atom. The molecular formula is C42H48HfSi. The molecule has 0 aromatic heterocycles. The van der Waals surface area contributed by atoms with Gasteiger partial charge in [0.15, 0.2) is 0 Å². The van der Waals surface area contributed by atoms with Gasteiger partial charge in [0, 0.05) is 0 Å². The summed E-state index contributed by atoms with van der Waals surface area (Å²) >= 11 is 0. The predicted molar refractivity (Wildman–Crippen MR) is 197 cm³/mol. The summed E-state index contributed by atoms with van der Waals surface area (Å²) in [4.78, 5) is 0. The van der Waals surface area contributed by atoms with E-state index in [2.05, 4.69) is 151 Å². The molecule has 0 saturated carbocycles. The zero-order valence-electron chi connectivity index (χ0n) is 28.0.